The molecule has 1 aliphatic carbocycles. The molecule has 0 bridgehead atoms. The summed E-state index contributed by atoms with van der Waals surface area (Å²) < 4.78 is 0. The Kier molecular flexibility index (Phi) is 7.74. The molecule has 4 rings (SSSR count). The van der Waals surface area contributed by atoms with Crippen molar-refractivity contribution in [1.82, 2.24) is 0 Å². The molecule has 0 saturated heterocycles. The lowest BCUT2D eigenvalue weighted by atomic mass is 10.1. The molecule has 0 N–H and O–H groups in total. The third-order valence-corrected chi connectivity index (χ3v) is 3.76. The SMILES string of the molecule is C1=Cc2ccccc2C1.C=Cc1ccccc1.C=Cc1ccccc1. The van der Waals surface area contributed by atoms with Crippen molar-refractivity contribution in [1.29, 1.82) is 0 Å². The van der Waals surface area contributed by atoms with Gasteiger partial charge in [-0.3, -0.25) is 0 Å². The topological polar surface area (TPSA) is 0 Å². The van der Waals surface area contributed by atoms with Gasteiger partial charge in [-0.2, -0.15) is 0 Å². The van der Waals surface area contributed by atoms with E-state index in [2.05, 4.69) is 49.6 Å². The molecular formula is C25H24. The minimum atomic E-state index is 1.12. The van der Waals surface area contributed by atoms with Crippen molar-refractivity contribution in [2.45, 2.75) is 6.42 Å². The third kappa shape index (κ3) is 6.48. The van der Waals surface area contributed by atoms with Crippen LogP contribution < -0.4 is 0 Å². The zero-order chi connectivity index (χ0) is 17.7. The monoisotopic (exact) mass is 324 g/mol. The fourth-order valence-electron chi connectivity index (χ4n) is 2.37. The van der Waals surface area contributed by atoms with Gasteiger partial charge in [-0.25, -0.2) is 0 Å². The largest absolute Gasteiger partial charge is 0.0985 e. The lowest BCUT2D eigenvalue weighted by Crippen LogP contribution is -1.76. The van der Waals surface area contributed by atoms with Gasteiger partial charge in [0.15, 0.2) is 0 Å². The molecule has 0 atom stereocenters. The number of hydrogen-bond acceptors (Lipinski definition) is 0. The van der Waals surface area contributed by atoms with Crippen LogP contribution in [0.1, 0.15) is 22.3 Å². The zero-order valence-electron chi connectivity index (χ0n) is 14.5. The van der Waals surface area contributed by atoms with E-state index < -0.39 is 0 Å². The molecule has 0 saturated carbocycles. The number of hydrogen-bond donors (Lipinski definition) is 0. The first kappa shape index (κ1) is 18.2. The quantitative estimate of drug-likeness (QED) is 0.480. The van der Waals surface area contributed by atoms with Crippen LogP contribution in [0.25, 0.3) is 18.2 Å². The summed E-state index contributed by atoms with van der Waals surface area (Å²) in [4.78, 5) is 0. The highest BCUT2D eigenvalue weighted by Gasteiger charge is 2.00. The molecule has 3 aromatic carbocycles. The molecule has 1 aliphatic rings. The molecule has 124 valence electrons. The van der Waals surface area contributed by atoms with Gasteiger partial charge in [-0.05, 0) is 28.7 Å². The fraction of sp³-hybridized carbons (Fsp3) is 0.0400. The Morgan fingerprint density at radius 1 is 0.600 bits per heavy atom. The maximum absolute atomic E-state index is 3.63. The highest BCUT2D eigenvalue weighted by molar-refractivity contribution is 5.59. The summed E-state index contributed by atoms with van der Waals surface area (Å²) in [7, 11) is 0. The Bertz CT molecular complexity index is 752. The Morgan fingerprint density at radius 3 is 1.52 bits per heavy atom. The lowest BCUT2D eigenvalue weighted by molar-refractivity contribution is 1.31. The molecule has 0 heteroatoms. The molecule has 0 unspecified atom stereocenters. The number of benzene rings is 3. The van der Waals surface area contributed by atoms with Crippen molar-refractivity contribution >= 4 is 18.2 Å². The first-order valence-electron chi connectivity index (χ1n) is 8.43. The van der Waals surface area contributed by atoms with Crippen molar-refractivity contribution in [2.75, 3.05) is 0 Å². The molecule has 0 amide bonds. The number of fused-ring (bicyclic) bond motifs is 1. The summed E-state index contributed by atoms with van der Waals surface area (Å²) in [5.74, 6) is 0. The van der Waals surface area contributed by atoms with Crippen LogP contribution in [0.3, 0.4) is 0 Å². The summed E-state index contributed by atoms with van der Waals surface area (Å²) in [6.07, 6.45) is 9.16. The van der Waals surface area contributed by atoms with Crippen LogP contribution in [-0.4, -0.2) is 0 Å². The van der Waals surface area contributed by atoms with E-state index in [4.69, 9.17) is 0 Å². The Balaban J connectivity index is 0.000000136. The van der Waals surface area contributed by atoms with Crippen LogP contribution in [0.5, 0.6) is 0 Å². The van der Waals surface area contributed by atoms with Gasteiger partial charge in [0.1, 0.15) is 0 Å². The summed E-state index contributed by atoms with van der Waals surface area (Å²) in [6.45, 7) is 7.26. The molecule has 0 radical (unpaired) electrons. The molecular weight excluding hydrogens is 300 g/mol. The van der Waals surface area contributed by atoms with Gasteiger partial charge in [-0.1, -0.05) is 122 Å². The average Bonchev–Trinajstić information content (AvgIpc) is 3.19. The van der Waals surface area contributed by atoms with Gasteiger partial charge in [0.25, 0.3) is 0 Å². The van der Waals surface area contributed by atoms with Gasteiger partial charge in [0, 0.05) is 0 Å². The van der Waals surface area contributed by atoms with Crippen LogP contribution in [0.2, 0.25) is 0 Å². The van der Waals surface area contributed by atoms with Crippen molar-refractivity contribution in [3.05, 3.63) is 126 Å². The van der Waals surface area contributed by atoms with Crippen LogP contribution >= 0.6 is 0 Å². The van der Waals surface area contributed by atoms with E-state index >= 15 is 0 Å². The second-order valence-corrected chi connectivity index (χ2v) is 5.53. The Hall–Kier alpha value is -3.12. The second kappa shape index (κ2) is 10.6. The highest BCUT2D eigenvalue weighted by atomic mass is 14.0. The van der Waals surface area contributed by atoms with Gasteiger partial charge in [0.05, 0.1) is 0 Å². The molecule has 25 heavy (non-hydrogen) atoms. The smallest absolute Gasteiger partial charge is 0.00882 e. The van der Waals surface area contributed by atoms with E-state index in [0.717, 1.165) is 6.42 Å². The lowest BCUT2D eigenvalue weighted by Gasteiger charge is -1.93. The normalized spacial score (nSPS) is 10.4. The maximum atomic E-state index is 3.63. The van der Waals surface area contributed by atoms with Crippen LogP contribution in [0.4, 0.5) is 0 Å². The summed E-state index contributed by atoms with van der Waals surface area (Å²) in [6, 6.07) is 28.6. The van der Waals surface area contributed by atoms with Crippen molar-refractivity contribution in [3.63, 3.8) is 0 Å². The minimum absolute atomic E-state index is 1.12. The molecule has 0 nitrogen and oxygen atoms in total. The molecule has 0 aliphatic heterocycles. The van der Waals surface area contributed by atoms with Crippen LogP contribution in [0.15, 0.2) is 104 Å². The van der Waals surface area contributed by atoms with E-state index in [-0.39, 0.29) is 0 Å². The summed E-state index contributed by atoms with van der Waals surface area (Å²) in [5, 5.41) is 0. The number of rotatable bonds is 2. The minimum Gasteiger partial charge on any atom is -0.0985 e. The average molecular weight is 324 g/mol. The molecule has 0 aromatic heterocycles. The third-order valence-electron chi connectivity index (χ3n) is 3.76. The van der Waals surface area contributed by atoms with Crippen molar-refractivity contribution < 1.29 is 0 Å². The first-order chi connectivity index (χ1) is 12.3. The van der Waals surface area contributed by atoms with Gasteiger partial charge < -0.3 is 0 Å². The molecule has 0 heterocycles. The molecule has 3 aromatic rings. The number of allylic oxidation sites excluding steroid dienone is 1. The van der Waals surface area contributed by atoms with E-state index in [1.165, 1.54) is 22.3 Å². The van der Waals surface area contributed by atoms with E-state index in [1.54, 1.807) is 0 Å². The Morgan fingerprint density at radius 2 is 1.08 bits per heavy atom. The van der Waals surface area contributed by atoms with Crippen molar-refractivity contribution in [3.8, 4) is 0 Å². The van der Waals surface area contributed by atoms with Gasteiger partial charge >= 0.3 is 0 Å². The van der Waals surface area contributed by atoms with E-state index in [1.807, 2.05) is 72.8 Å². The predicted molar refractivity (Wildman–Crippen MR) is 112 cm³/mol. The van der Waals surface area contributed by atoms with E-state index in [9.17, 15) is 0 Å². The molecule has 0 fully saturated rings. The maximum Gasteiger partial charge on any atom is -0.00882 e. The second-order valence-electron chi connectivity index (χ2n) is 5.53. The van der Waals surface area contributed by atoms with Crippen molar-refractivity contribution in [2.24, 2.45) is 0 Å². The predicted octanol–water partition coefficient (Wildman–Crippen LogP) is 6.92. The standard InChI is InChI=1S/C9H8.2C8H8/c1-2-5-9-7-3-6-8(9)4-1;2*1-2-8-6-4-3-5-7-8/h1-6H,7H2;2*2-7H,1H2. The zero-order valence-corrected chi connectivity index (χ0v) is 14.5. The van der Waals surface area contributed by atoms with Crippen LogP contribution in [-0.2, 0) is 6.42 Å². The molecule has 0 spiro atoms. The van der Waals surface area contributed by atoms with Gasteiger partial charge in [0.2, 0.25) is 0 Å². The summed E-state index contributed by atoms with van der Waals surface area (Å²) in [5.41, 5.74) is 5.19. The highest BCUT2D eigenvalue weighted by Crippen LogP contribution is 2.17. The van der Waals surface area contributed by atoms with E-state index in [0.29, 0.717) is 0 Å². The first-order valence-corrected chi connectivity index (χ1v) is 8.43. The Labute approximate surface area is 151 Å². The fourth-order valence-corrected chi connectivity index (χ4v) is 2.37. The summed E-state index contributed by atoms with van der Waals surface area (Å²) >= 11 is 0. The van der Waals surface area contributed by atoms with Gasteiger partial charge in [-0.15, -0.1) is 0 Å². The van der Waals surface area contributed by atoms with Crippen LogP contribution in [0, 0.1) is 0 Å².